The Kier molecular flexibility index (Phi) is 7.24. The van der Waals surface area contributed by atoms with Gasteiger partial charge in [0.05, 0.1) is 18.0 Å². The van der Waals surface area contributed by atoms with Crippen LogP contribution in [0.25, 0.3) is 0 Å². The zero-order valence-corrected chi connectivity index (χ0v) is 18.1. The highest BCUT2D eigenvalue weighted by atomic mass is 32.2. The van der Waals surface area contributed by atoms with Gasteiger partial charge in [-0.25, -0.2) is 8.42 Å². The highest BCUT2D eigenvalue weighted by Gasteiger charge is 2.30. The maximum absolute atomic E-state index is 12.9. The number of carbonyl (C=O) groups is 1. The Hall–Kier alpha value is -2.34. The number of carbonyl (C=O) groups excluding carboxylic acids is 1. The van der Waals surface area contributed by atoms with Crippen molar-refractivity contribution in [3.8, 4) is 0 Å². The van der Waals surface area contributed by atoms with Crippen molar-refractivity contribution in [1.82, 2.24) is 5.32 Å². The Morgan fingerprint density at radius 3 is 2.07 bits per heavy atom. The number of hydrogen-bond donors (Lipinski definition) is 1. The van der Waals surface area contributed by atoms with E-state index in [9.17, 15) is 13.2 Å². The van der Waals surface area contributed by atoms with E-state index < -0.39 is 16.1 Å². The molecule has 0 aliphatic rings. The Bertz CT molecular complexity index is 890. The number of aryl methyl sites for hydroxylation is 2. The van der Waals surface area contributed by atoms with Gasteiger partial charge in [-0.05, 0) is 49.9 Å². The van der Waals surface area contributed by atoms with E-state index in [1.165, 1.54) is 4.31 Å². The summed E-state index contributed by atoms with van der Waals surface area (Å²) in [5.74, 6) is -0.322. The average molecular weight is 403 g/mol. The third-order valence-electron chi connectivity index (χ3n) is 4.89. The van der Waals surface area contributed by atoms with Crippen LogP contribution < -0.4 is 9.62 Å². The predicted octanol–water partition coefficient (Wildman–Crippen LogP) is 3.98. The molecule has 1 N–H and O–H groups in total. The minimum atomic E-state index is -3.62. The molecule has 0 spiro atoms. The molecule has 0 aliphatic carbocycles. The lowest BCUT2D eigenvalue weighted by Gasteiger charge is -2.30. The fourth-order valence-corrected chi connectivity index (χ4v) is 4.37. The summed E-state index contributed by atoms with van der Waals surface area (Å²) >= 11 is 0. The van der Waals surface area contributed by atoms with E-state index in [1.54, 1.807) is 19.1 Å². The predicted molar refractivity (Wildman–Crippen MR) is 115 cm³/mol. The van der Waals surface area contributed by atoms with Crippen LogP contribution in [0.5, 0.6) is 0 Å². The summed E-state index contributed by atoms with van der Waals surface area (Å²) in [5.41, 5.74) is 3.76. The summed E-state index contributed by atoms with van der Waals surface area (Å²) < 4.78 is 26.1. The quantitative estimate of drug-likeness (QED) is 0.726. The number of nitrogens with zero attached hydrogens (tertiary/aromatic N) is 1. The highest BCUT2D eigenvalue weighted by Crippen LogP contribution is 2.23. The molecule has 2 atom stereocenters. The molecule has 152 valence electrons. The van der Waals surface area contributed by atoms with Crippen molar-refractivity contribution in [3.63, 3.8) is 0 Å². The molecule has 0 aliphatic heterocycles. The third-order valence-corrected chi connectivity index (χ3v) is 6.13. The number of amides is 1. The molecule has 0 aromatic heterocycles. The molecule has 0 heterocycles. The second-order valence-electron chi connectivity index (χ2n) is 7.13. The van der Waals surface area contributed by atoms with Crippen LogP contribution in [0.4, 0.5) is 5.69 Å². The summed E-state index contributed by atoms with van der Waals surface area (Å²) in [6, 6.07) is 14.2. The number of nitrogens with one attached hydrogen (secondary N) is 1. The van der Waals surface area contributed by atoms with E-state index in [4.69, 9.17) is 0 Å². The monoisotopic (exact) mass is 402 g/mol. The van der Waals surface area contributed by atoms with Crippen LogP contribution in [0.15, 0.2) is 48.5 Å². The number of rotatable bonds is 8. The smallest absolute Gasteiger partial charge is 0.244 e. The van der Waals surface area contributed by atoms with Crippen LogP contribution in [0.2, 0.25) is 0 Å². The minimum absolute atomic E-state index is 0.167. The largest absolute Gasteiger partial charge is 0.347 e. The van der Waals surface area contributed by atoms with E-state index >= 15 is 0 Å². The lowest BCUT2D eigenvalue weighted by molar-refractivity contribution is -0.122. The molecule has 0 radical (unpaired) electrons. The van der Waals surface area contributed by atoms with Gasteiger partial charge in [0.2, 0.25) is 15.9 Å². The fourth-order valence-electron chi connectivity index (χ4n) is 3.20. The van der Waals surface area contributed by atoms with Crippen LogP contribution in [0.1, 0.15) is 49.9 Å². The van der Waals surface area contributed by atoms with Crippen LogP contribution >= 0.6 is 0 Å². The number of benzene rings is 2. The molecular formula is C22H30N2O3S. The Morgan fingerprint density at radius 1 is 1.04 bits per heavy atom. The van der Waals surface area contributed by atoms with Gasteiger partial charge in [-0.15, -0.1) is 0 Å². The van der Waals surface area contributed by atoms with E-state index in [2.05, 4.69) is 5.32 Å². The van der Waals surface area contributed by atoms with Crippen molar-refractivity contribution in [2.45, 2.75) is 52.6 Å². The minimum Gasteiger partial charge on any atom is -0.347 e. The summed E-state index contributed by atoms with van der Waals surface area (Å²) in [6.07, 6.45) is 2.71. The van der Waals surface area contributed by atoms with Gasteiger partial charge in [0.25, 0.3) is 0 Å². The standard InChI is InChI=1S/C22H30N2O3S/c1-6-18-10-14-20(15-11-18)24(28(5,26)27)17(4)22(25)23-21(7-2)19-12-8-16(3)9-13-19/h8-15,17,21H,6-7H2,1-5H3,(H,23,25)/t17-,21-/m0/s1. The summed E-state index contributed by atoms with van der Waals surface area (Å²) in [6.45, 7) is 7.66. The molecule has 0 bridgehead atoms. The maximum atomic E-state index is 12.9. The molecule has 28 heavy (non-hydrogen) atoms. The van der Waals surface area contributed by atoms with Crippen molar-refractivity contribution in [3.05, 3.63) is 65.2 Å². The zero-order chi connectivity index (χ0) is 20.9. The van der Waals surface area contributed by atoms with Crippen molar-refractivity contribution in [2.24, 2.45) is 0 Å². The van der Waals surface area contributed by atoms with Crippen molar-refractivity contribution < 1.29 is 13.2 Å². The number of hydrogen-bond acceptors (Lipinski definition) is 3. The van der Waals surface area contributed by atoms with Gasteiger partial charge in [-0.1, -0.05) is 55.8 Å². The molecule has 2 aromatic carbocycles. The molecule has 0 saturated carbocycles. The molecule has 0 fully saturated rings. The lowest BCUT2D eigenvalue weighted by atomic mass is 10.0. The van der Waals surface area contributed by atoms with Gasteiger partial charge in [0.1, 0.15) is 6.04 Å². The molecule has 1 amide bonds. The summed E-state index contributed by atoms with van der Waals surface area (Å²) in [4.78, 5) is 12.9. The van der Waals surface area contributed by atoms with Gasteiger partial charge in [0.15, 0.2) is 0 Å². The van der Waals surface area contributed by atoms with Gasteiger partial charge >= 0.3 is 0 Å². The second kappa shape index (κ2) is 9.24. The first kappa shape index (κ1) is 22.0. The molecule has 6 heteroatoms. The number of sulfonamides is 1. The van der Waals surface area contributed by atoms with Crippen molar-refractivity contribution in [2.75, 3.05) is 10.6 Å². The first-order chi connectivity index (χ1) is 13.2. The number of anilines is 1. The first-order valence-electron chi connectivity index (χ1n) is 9.62. The van der Waals surface area contributed by atoms with E-state index in [0.717, 1.165) is 29.4 Å². The van der Waals surface area contributed by atoms with Gasteiger partial charge in [-0.3, -0.25) is 9.10 Å². The van der Waals surface area contributed by atoms with Gasteiger partial charge in [0, 0.05) is 0 Å². The SMILES string of the molecule is CCc1ccc(N([C@@H](C)C(=O)N[C@@H](CC)c2ccc(C)cc2)S(C)(=O)=O)cc1. The zero-order valence-electron chi connectivity index (χ0n) is 17.3. The summed E-state index contributed by atoms with van der Waals surface area (Å²) in [7, 11) is -3.62. The van der Waals surface area contributed by atoms with Crippen molar-refractivity contribution >= 4 is 21.6 Å². The summed E-state index contributed by atoms with van der Waals surface area (Å²) in [5, 5.41) is 3.00. The van der Waals surface area contributed by atoms with Gasteiger partial charge < -0.3 is 5.32 Å². The van der Waals surface area contributed by atoms with Crippen LogP contribution in [-0.2, 0) is 21.2 Å². The second-order valence-corrected chi connectivity index (χ2v) is 8.99. The third kappa shape index (κ3) is 5.35. The van der Waals surface area contributed by atoms with Crippen LogP contribution in [-0.4, -0.2) is 26.6 Å². The Morgan fingerprint density at radius 2 is 1.61 bits per heavy atom. The first-order valence-corrected chi connectivity index (χ1v) is 11.5. The Balaban J connectivity index is 2.26. The molecule has 2 rings (SSSR count). The molecular weight excluding hydrogens is 372 g/mol. The molecule has 0 saturated heterocycles. The Labute approximate surface area is 168 Å². The van der Waals surface area contributed by atoms with E-state index in [-0.39, 0.29) is 11.9 Å². The van der Waals surface area contributed by atoms with Crippen molar-refractivity contribution in [1.29, 1.82) is 0 Å². The molecule has 5 nitrogen and oxygen atoms in total. The fraction of sp³-hybridized carbons (Fsp3) is 0.409. The lowest BCUT2D eigenvalue weighted by Crippen LogP contribution is -2.48. The molecule has 0 unspecified atom stereocenters. The van der Waals surface area contributed by atoms with Gasteiger partial charge in [-0.2, -0.15) is 0 Å². The average Bonchev–Trinajstić information content (AvgIpc) is 2.66. The van der Waals surface area contributed by atoms with E-state index in [0.29, 0.717) is 12.1 Å². The van der Waals surface area contributed by atoms with Crippen LogP contribution in [0.3, 0.4) is 0 Å². The van der Waals surface area contributed by atoms with E-state index in [1.807, 2.05) is 57.2 Å². The highest BCUT2D eigenvalue weighted by molar-refractivity contribution is 7.92. The normalized spacial score (nSPS) is 13.6. The maximum Gasteiger partial charge on any atom is 0.244 e. The van der Waals surface area contributed by atoms with Crippen LogP contribution in [0, 0.1) is 6.92 Å². The topological polar surface area (TPSA) is 66.5 Å². The molecule has 2 aromatic rings.